The first-order valence-electron chi connectivity index (χ1n) is 8.09. The fourth-order valence-electron chi connectivity index (χ4n) is 2.94. The molecule has 1 aromatic heterocycles. The van der Waals surface area contributed by atoms with E-state index in [1.165, 1.54) is 23.1 Å². The third-order valence-corrected chi connectivity index (χ3v) is 4.36. The molecule has 2 heterocycles. The van der Waals surface area contributed by atoms with E-state index >= 15 is 0 Å². The number of carbonyl (C=O) groups is 1. The van der Waals surface area contributed by atoms with Gasteiger partial charge in [-0.1, -0.05) is 12.1 Å². The number of amides is 1. The van der Waals surface area contributed by atoms with Crippen LogP contribution in [0.1, 0.15) is 15.9 Å². The highest BCUT2D eigenvalue weighted by molar-refractivity contribution is 5.96. The number of alkyl halides is 3. The van der Waals surface area contributed by atoms with Crippen molar-refractivity contribution < 1.29 is 18.0 Å². The highest BCUT2D eigenvalue weighted by atomic mass is 19.4. The average Bonchev–Trinajstić information content (AvgIpc) is 3.13. The van der Waals surface area contributed by atoms with Crippen LogP contribution in [-0.4, -0.2) is 58.0 Å². The van der Waals surface area contributed by atoms with Crippen molar-refractivity contribution in [2.45, 2.75) is 12.7 Å². The van der Waals surface area contributed by atoms with E-state index in [4.69, 9.17) is 0 Å². The third-order valence-electron chi connectivity index (χ3n) is 4.36. The van der Waals surface area contributed by atoms with E-state index in [1.807, 2.05) is 10.8 Å². The van der Waals surface area contributed by atoms with Gasteiger partial charge >= 0.3 is 6.18 Å². The topological polar surface area (TPSA) is 41.4 Å². The zero-order valence-corrected chi connectivity index (χ0v) is 13.6. The highest BCUT2D eigenvalue weighted by Gasteiger charge is 2.36. The van der Waals surface area contributed by atoms with Crippen molar-refractivity contribution in [1.29, 1.82) is 0 Å². The van der Waals surface area contributed by atoms with Gasteiger partial charge in [-0.25, -0.2) is 4.98 Å². The SMILES string of the molecule is O=C(c1ccccc1C(F)(F)F)N1CCN(CCn2ccnc2)CC1. The predicted octanol–water partition coefficient (Wildman–Crippen LogP) is 2.36. The molecule has 1 fully saturated rings. The number of piperazine rings is 1. The summed E-state index contributed by atoms with van der Waals surface area (Å²) < 4.78 is 41.2. The van der Waals surface area contributed by atoms with Gasteiger partial charge in [-0.2, -0.15) is 13.2 Å². The summed E-state index contributed by atoms with van der Waals surface area (Å²) in [5.74, 6) is -0.554. The number of aromatic nitrogens is 2. The molecule has 3 rings (SSSR count). The maximum atomic E-state index is 13.1. The number of benzene rings is 1. The van der Waals surface area contributed by atoms with Gasteiger partial charge in [0, 0.05) is 51.7 Å². The number of hydrogen-bond donors (Lipinski definition) is 0. The zero-order chi connectivity index (χ0) is 17.9. The first-order valence-corrected chi connectivity index (χ1v) is 8.09. The molecule has 1 saturated heterocycles. The summed E-state index contributed by atoms with van der Waals surface area (Å²) in [6.45, 7) is 3.76. The molecule has 0 aliphatic carbocycles. The molecule has 0 radical (unpaired) electrons. The van der Waals surface area contributed by atoms with Crippen molar-refractivity contribution in [2.75, 3.05) is 32.7 Å². The fraction of sp³-hybridized carbons (Fsp3) is 0.412. The summed E-state index contributed by atoms with van der Waals surface area (Å²) in [5.41, 5.74) is -1.15. The molecule has 25 heavy (non-hydrogen) atoms. The van der Waals surface area contributed by atoms with Gasteiger partial charge in [0.05, 0.1) is 17.5 Å². The molecule has 0 unspecified atom stereocenters. The van der Waals surface area contributed by atoms with Crippen molar-refractivity contribution in [3.05, 3.63) is 54.1 Å². The summed E-state index contributed by atoms with van der Waals surface area (Å²) in [7, 11) is 0. The Balaban J connectivity index is 1.59. The molecule has 5 nitrogen and oxygen atoms in total. The van der Waals surface area contributed by atoms with Gasteiger partial charge < -0.3 is 9.47 Å². The second-order valence-electron chi connectivity index (χ2n) is 5.98. The molecule has 0 atom stereocenters. The lowest BCUT2D eigenvalue weighted by atomic mass is 10.1. The van der Waals surface area contributed by atoms with Crippen LogP contribution in [0.4, 0.5) is 13.2 Å². The van der Waals surface area contributed by atoms with E-state index in [-0.39, 0.29) is 5.56 Å². The van der Waals surface area contributed by atoms with Gasteiger partial charge in [0.25, 0.3) is 5.91 Å². The van der Waals surface area contributed by atoms with Crippen LogP contribution in [0.5, 0.6) is 0 Å². The Morgan fingerprint density at radius 3 is 2.44 bits per heavy atom. The van der Waals surface area contributed by atoms with Crippen LogP contribution >= 0.6 is 0 Å². The number of imidazole rings is 1. The van der Waals surface area contributed by atoms with E-state index in [1.54, 1.807) is 12.5 Å². The molecule has 0 saturated carbocycles. The normalized spacial score (nSPS) is 16.2. The zero-order valence-electron chi connectivity index (χ0n) is 13.6. The molecule has 0 N–H and O–H groups in total. The second kappa shape index (κ2) is 7.26. The Morgan fingerprint density at radius 2 is 1.80 bits per heavy atom. The molecule has 1 amide bonds. The van der Waals surface area contributed by atoms with Crippen molar-refractivity contribution in [3.8, 4) is 0 Å². The molecule has 134 valence electrons. The van der Waals surface area contributed by atoms with Gasteiger partial charge in [0.1, 0.15) is 0 Å². The maximum absolute atomic E-state index is 13.1. The monoisotopic (exact) mass is 352 g/mol. The summed E-state index contributed by atoms with van der Waals surface area (Å²) in [6, 6.07) is 4.96. The molecule has 0 spiro atoms. The van der Waals surface area contributed by atoms with Crippen LogP contribution in [0.15, 0.2) is 43.0 Å². The Morgan fingerprint density at radius 1 is 1.08 bits per heavy atom. The highest BCUT2D eigenvalue weighted by Crippen LogP contribution is 2.32. The largest absolute Gasteiger partial charge is 0.417 e. The van der Waals surface area contributed by atoms with Gasteiger partial charge in [-0.05, 0) is 12.1 Å². The van der Waals surface area contributed by atoms with Crippen LogP contribution in [0.3, 0.4) is 0 Å². The van der Waals surface area contributed by atoms with Crippen molar-refractivity contribution in [2.24, 2.45) is 0 Å². The minimum absolute atomic E-state index is 0.276. The first kappa shape index (κ1) is 17.5. The van der Waals surface area contributed by atoms with Crippen LogP contribution in [0.25, 0.3) is 0 Å². The number of hydrogen-bond acceptors (Lipinski definition) is 3. The predicted molar refractivity (Wildman–Crippen MR) is 86.0 cm³/mol. The van der Waals surface area contributed by atoms with Crippen molar-refractivity contribution in [1.82, 2.24) is 19.4 Å². The van der Waals surface area contributed by atoms with Gasteiger partial charge in [-0.3, -0.25) is 9.69 Å². The maximum Gasteiger partial charge on any atom is 0.417 e. The first-order chi connectivity index (χ1) is 11.9. The van der Waals surface area contributed by atoms with E-state index < -0.39 is 17.6 Å². The number of nitrogens with zero attached hydrogens (tertiary/aromatic N) is 4. The fourth-order valence-corrected chi connectivity index (χ4v) is 2.94. The van der Waals surface area contributed by atoms with Crippen molar-refractivity contribution in [3.63, 3.8) is 0 Å². The van der Waals surface area contributed by atoms with Crippen LogP contribution in [-0.2, 0) is 12.7 Å². The molecular weight excluding hydrogens is 333 g/mol. The molecule has 8 heteroatoms. The Hall–Kier alpha value is -2.35. The summed E-state index contributed by atoms with van der Waals surface area (Å²) >= 11 is 0. The Labute approximate surface area is 143 Å². The third kappa shape index (κ3) is 4.19. The van der Waals surface area contributed by atoms with Gasteiger partial charge in [-0.15, -0.1) is 0 Å². The van der Waals surface area contributed by atoms with E-state index in [9.17, 15) is 18.0 Å². The lowest BCUT2D eigenvalue weighted by molar-refractivity contribution is -0.138. The minimum atomic E-state index is -4.53. The quantitative estimate of drug-likeness (QED) is 0.848. The van der Waals surface area contributed by atoms with Gasteiger partial charge in [0.2, 0.25) is 0 Å². The number of halogens is 3. The van der Waals surface area contributed by atoms with E-state index in [2.05, 4.69) is 9.88 Å². The molecule has 1 aliphatic heterocycles. The molecule has 1 aliphatic rings. The van der Waals surface area contributed by atoms with Crippen LogP contribution in [0.2, 0.25) is 0 Å². The summed E-state index contributed by atoms with van der Waals surface area (Å²) in [6.07, 6.45) is 0.815. The molecular formula is C17H19F3N4O. The van der Waals surface area contributed by atoms with E-state index in [0.717, 1.165) is 19.2 Å². The standard InChI is InChI=1S/C17H19F3N4O/c18-17(19,20)15-4-2-1-3-14(15)16(25)24-11-9-22(10-12-24)7-8-23-6-5-21-13-23/h1-6,13H,7-12H2. The Kier molecular flexibility index (Phi) is 5.08. The molecule has 0 bridgehead atoms. The average molecular weight is 352 g/mol. The van der Waals surface area contributed by atoms with Crippen LogP contribution < -0.4 is 0 Å². The smallest absolute Gasteiger partial charge is 0.336 e. The lowest BCUT2D eigenvalue weighted by Crippen LogP contribution is -2.49. The summed E-state index contributed by atoms with van der Waals surface area (Å²) in [4.78, 5) is 20.2. The number of rotatable bonds is 4. The summed E-state index contributed by atoms with van der Waals surface area (Å²) in [5, 5.41) is 0. The van der Waals surface area contributed by atoms with E-state index in [0.29, 0.717) is 26.2 Å². The van der Waals surface area contributed by atoms with Crippen LogP contribution in [0, 0.1) is 0 Å². The lowest BCUT2D eigenvalue weighted by Gasteiger charge is -2.35. The molecule has 2 aromatic rings. The minimum Gasteiger partial charge on any atom is -0.336 e. The second-order valence-corrected chi connectivity index (χ2v) is 5.98. The Bertz CT molecular complexity index is 707. The number of carbonyl (C=O) groups excluding carboxylic acids is 1. The van der Waals surface area contributed by atoms with Gasteiger partial charge in [0.15, 0.2) is 0 Å². The molecule has 1 aromatic carbocycles. The van der Waals surface area contributed by atoms with Crippen molar-refractivity contribution >= 4 is 5.91 Å².